The smallest absolute Gasteiger partial charge is 0.143 e. The average molecular weight is 172 g/mol. The van der Waals surface area contributed by atoms with E-state index >= 15 is 0 Å². The third kappa shape index (κ3) is 2.94. The van der Waals surface area contributed by atoms with Crippen molar-refractivity contribution in [2.24, 2.45) is 17.3 Å². The Balaban J connectivity index is 4.44. The monoisotopic (exact) mass is 172 g/mol. The summed E-state index contributed by atoms with van der Waals surface area (Å²) < 4.78 is 0. The SMILES string of the molecule is CC(C)[C@H](CO)C(=O)C(C)(C)C. The second-order valence-electron chi connectivity index (χ2n) is 4.65. The quantitative estimate of drug-likeness (QED) is 0.705. The number of carbonyl (C=O) groups excluding carboxylic acids is 1. The van der Waals surface area contributed by atoms with Crippen molar-refractivity contribution in [3.05, 3.63) is 0 Å². The molecule has 0 aliphatic rings. The van der Waals surface area contributed by atoms with Gasteiger partial charge in [0.25, 0.3) is 0 Å². The highest BCUT2D eigenvalue weighted by Gasteiger charge is 2.30. The van der Waals surface area contributed by atoms with Crippen molar-refractivity contribution in [3.8, 4) is 0 Å². The summed E-state index contributed by atoms with van der Waals surface area (Å²) in [5.41, 5.74) is -0.336. The molecule has 0 aromatic rings. The Bertz CT molecular complexity index is 154. The van der Waals surface area contributed by atoms with Crippen LogP contribution in [0.2, 0.25) is 0 Å². The number of aliphatic hydroxyl groups is 1. The van der Waals surface area contributed by atoms with Gasteiger partial charge in [-0.3, -0.25) is 4.79 Å². The van der Waals surface area contributed by atoms with Gasteiger partial charge in [0.1, 0.15) is 5.78 Å². The van der Waals surface area contributed by atoms with E-state index in [1.54, 1.807) is 0 Å². The van der Waals surface area contributed by atoms with Gasteiger partial charge >= 0.3 is 0 Å². The first kappa shape index (κ1) is 11.6. The summed E-state index contributed by atoms with van der Waals surface area (Å²) in [5, 5.41) is 9.01. The van der Waals surface area contributed by atoms with E-state index in [0.717, 1.165) is 0 Å². The maximum absolute atomic E-state index is 11.7. The molecule has 0 spiro atoms. The zero-order chi connectivity index (χ0) is 9.94. The lowest BCUT2D eigenvalue weighted by Crippen LogP contribution is -2.33. The van der Waals surface area contributed by atoms with Gasteiger partial charge in [-0.15, -0.1) is 0 Å². The van der Waals surface area contributed by atoms with E-state index in [9.17, 15) is 4.79 Å². The highest BCUT2D eigenvalue weighted by molar-refractivity contribution is 5.86. The molecule has 0 aliphatic heterocycles. The molecule has 0 radical (unpaired) electrons. The van der Waals surface area contributed by atoms with Crippen molar-refractivity contribution >= 4 is 5.78 Å². The lowest BCUT2D eigenvalue weighted by Gasteiger charge is -2.25. The van der Waals surface area contributed by atoms with Crippen molar-refractivity contribution < 1.29 is 9.90 Å². The Kier molecular flexibility index (Phi) is 3.91. The van der Waals surface area contributed by atoms with Crippen molar-refractivity contribution in [2.45, 2.75) is 34.6 Å². The average Bonchev–Trinajstić information content (AvgIpc) is 1.86. The van der Waals surface area contributed by atoms with Gasteiger partial charge in [-0.1, -0.05) is 34.6 Å². The van der Waals surface area contributed by atoms with Gasteiger partial charge in [-0.2, -0.15) is 0 Å². The van der Waals surface area contributed by atoms with E-state index in [-0.39, 0.29) is 29.6 Å². The first-order valence-corrected chi connectivity index (χ1v) is 4.46. The summed E-state index contributed by atoms with van der Waals surface area (Å²) >= 11 is 0. The van der Waals surface area contributed by atoms with Crippen molar-refractivity contribution in [2.75, 3.05) is 6.61 Å². The fourth-order valence-corrected chi connectivity index (χ4v) is 1.15. The molecule has 72 valence electrons. The molecule has 0 heterocycles. The molecule has 2 heteroatoms. The molecular formula is C10H20O2. The van der Waals surface area contributed by atoms with Crippen LogP contribution >= 0.6 is 0 Å². The van der Waals surface area contributed by atoms with E-state index in [0.29, 0.717) is 0 Å². The van der Waals surface area contributed by atoms with Crippen LogP contribution in [-0.4, -0.2) is 17.5 Å². The summed E-state index contributed by atoms with van der Waals surface area (Å²) in [4.78, 5) is 11.7. The standard InChI is InChI=1S/C10H20O2/c1-7(2)8(6-11)9(12)10(3,4)5/h7-8,11H,6H2,1-5H3/t8-/m0/s1. The van der Waals surface area contributed by atoms with Crippen LogP contribution in [0.1, 0.15) is 34.6 Å². The fraction of sp³-hybridized carbons (Fsp3) is 0.900. The Morgan fingerprint density at radius 2 is 1.75 bits per heavy atom. The highest BCUT2D eigenvalue weighted by Crippen LogP contribution is 2.24. The molecule has 1 N–H and O–H groups in total. The Morgan fingerprint density at radius 3 is 1.83 bits per heavy atom. The number of ketones is 1. The highest BCUT2D eigenvalue weighted by atomic mass is 16.3. The molecule has 0 aromatic heterocycles. The zero-order valence-corrected chi connectivity index (χ0v) is 8.72. The lowest BCUT2D eigenvalue weighted by molar-refractivity contribution is -0.133. The lowest BCUT2D eigenvalue weighted by atomic mass is 9.79. The minimum Gasteiger partial charge on any atom is -0.396 e. The number of Topliss-reactive ketones (excluding diaryl/α,β-unsaturated/α-hetero) is 1. The van der Waals surface area contributed by atoms with Gasteiger partial charge in [0, 0.05) is 11.3 Å². The summed E-state index contributed by atoms with van der Waals surface area (Å²) in [5.74, 6) is 0.173. The van der Waals surface area contributed by atoms with Crippen LogP contribution in [0.25, 0.3) is 0 Å². The van der Waals surface area contributed by atoms with Gasteiger partial charge in [0.05, 0.1) is 6.61 Å². The molecule has 0 saturated heterocycles. The van der Waals surface area contributed by atoms with Crippen LogP contribution in [-0.2, 0) is 4.79 Å². The van der Waals surface area contributed by atoms with E-state index < -0.39 is 0 Å². The van der Waals surface area contributed by atoms with Crippen molar-refractivity contribution in [1.29, 1.82) is 0 Å². The van der Waals surface area contributed by atoms with Crippen LogP contribution in [0.4, 0.5) is 0 Å². The third-order valence-electron chi connectivity index (χ3n) is 2.08. The molecule has 0 aliphatic carbocycles. The molecule has 0 bridgehead atoms. The third-order valence-corrected chi connectivity index (χ3v) is 2.08. The van der Waals surface area contributed by atoms with Gasteiger partial charge < -0.3 is 5.11 Å². The summed E-state index contributed by atoms with van der Waals surface area (Å²) in [6.45, 7) is 9.56. The summed E-state index contributed by atoms with van der Waals surface area (Å²) in [6.07, 6.45) is 0. The normalized spacial score (nSPS) is 14.9. The topological polar surface area (TPSA) is 37.3 Å². The maximum Gasteiger partial charge on any atom is 0.143 e. The van der Waals surface area contributed by atoms with Crippen LogP contribution in [0.3, 0.4) is 0 Å². The zero-order valence-electron chi connectivity index (χ0n) is 8.72. The van der Waals surface area contributed by atoms with Gasteiger partial charge in [0.15, 0.2) is 0 Å². The predicted octanol–water partition coefficient (Wildman–Crippen LogP) is 1.87. The molecule has 0 amide bonds. The molecule has 1 atom stereocenters. The van der Waals surface area contributed by atoms with Gasteiger partial charge in [-0.05, 0) is 5.92 Å². The largest absolute Gasteiger partial charge is 0.396 e. The van der Waals surface area contributed by atoms with Crippen LogP contribution < -0.4 is 0 Å². The minimum absolute atomic E-state index is 0.0340. The number of hydrogen-bond acceptors (Lipinski definition) is 2. The first-order chi connectivity index (χ1) is 5.30. The van der Waals surface area contributed by atoms with E-state index in [1.165, 1.54) is 0 Å². The molecule has 0 saturated carbocycles. The number of aliphatic hydroxyl groups excluding tert-OH is 1. The van der Waals surface area contributed by atoms with Crippen LogP contribution in [0, 0.1) is 17.3 Å². The Hall–Kier alpha value is -0.370. The number of hydrogen-bond donors (Lipinski definition) is 1. The molecule has 12 heavy (non-hydrogen) atoms. The minimum atomic E-state index is -0.336. The van der Waals surface area contributed by atoms with E-state index in [1.807, 2.05) is 34.6 Å². The first-order valence-electron chi connectivity index (χ1n) is 4.46. The predicted molar refractivity (Wildman–Crippen MR) is 49.9 cm³/mol. The summed E-state index contributed by atoms with van der Waals surface area (Å²) in [6, 6.07) is 0. The van der Waals surface area contributed by atoms with E-state index in [4.69, 9.17) is 5.11 Å². The van der Waals surface area contributed by atoms with Crippen molar-refractivity contribution in [1.82, 2.24) is 0 Å². The number of carbonyl (C=O) groups is 1. The Labute approximate surface area is 75.0 Å². The Morgan fingerprint density at radius 1 is 1.33 bits per heavy atom. The molecule has 0 rings (SSSR count). The van der Waals surface area contributed by atoms with Crippen molar-refractivity contribution in [3.63, 3.8) is 0 Å². The molecule has 0 unspecified atom stereocenters. The van der Waals surface area contributed by atoms with E-state index in [2.05, 4.69) is 0 Å². The van der Waals surface area contributed by atoms with Gasteiger partial charge in [-0.25, -0.2) is 0 Å². The second-order valence-corrected chi connectivity index (χ2v) is 4.65. The molecule has 0 fully saturated rings. The second kappa shape index (κ2) is 4.04. The molecule has 2 nitrogen and oxygen atoms in total. The summed E-state index contributed by atoms with van der Waals surface area (Å²) in [7, 11) is 0. The molecule has 0 aromatic carbocycles. The number of rotatable bonds is 3. The van der Waals surface area contributed by atoms with Crippen LogP contribution in [0.15, 0.2) is 0 Å². The van der Waals surface area contributed by atoms with Crippen LogP contribution in [0.5, 0.6) is 0 Å². The fourth-order valence-electron chi connectivity index (χ4n) is 1.15. The maximum atomic E-state index is 11.7. The molecular weight excluding hydrogens is 152 g/mol. The van der Waals surface area contributed by atoms with Gasteiger partial charge in [0.2, 0.25) is 0 Å².